The lowest BCUT2D eigenvalue weighted by atomic mass is 10.2. The van der Waals surface area contributed by atoms with Crippen molar-refractivity contribution in [2.45, 2.75) is 25.9 Å². The van der Waals surface area contributed by atoms with Crippen LogP contribution < -0.4 is 0 Å². The standard InChI is InChI=1S/C14H23N3O3/c1-11-13(15-10-20-11)14(18)17(7-6-16(2)3)9-12-5-4-8-19-12/h10,12H,4-9H2,1-3H3/t12-/m0/s1. The van der Waals surface area contributed by atoms with Gasteiger partial charge in [-0.05, 0) is 33.9 Å². The van der Waals surface area contributed by atoms with Crippen LogP contribution >= 0.6 is 0 Å². The molecule has 1 aliphatic rings. The van der Waals surface area contributed by atoms with Crippen LogP contribution in [0.25, 0.3) is 0 Å². The summed E-state index contributed by atoms with van der Waals surface area (Å²) in [4.78, 5) is 20.5. The Balaban J connectivity index is 2.04. The van der Waals surface area contributed by atoms with Gasteiger partial charge in [-0.1, -0.05) is 0 Å². The molecule has 0 N–H and O–H groups in total. The Morgan fingerprint density at radius 3 is 2.80 bits per heavy atom. The lowest BCUT2D eigenvalue weighted by Crippen LogP contribution is -2.41. The molecule has 2 heterocycles. The molecule has 0 spiro atoms. The van der Waals surface area contributed by atoms with Crippen molar-refractivity contribution in [3.05, 3.63) is 17.8 Å². The topological polar surface area (TPSA) is 58.8 Å². The van der Waals surface area contributed by atoms with E-state index in [0.29, 0.717) is 24.5 Å². The summed E-state index contributed by atoms with van der Waals surface area (Å²) in [5.41, 5.74) is 0.404. The minimum absolute atomic E-state index is 0.0754. The summed E-state index contributed by atoms with van der Waals surface area (Å²) >= 11 is 0. The second-order valence-corrected chi connectivity index (χ2v) is 5.45. The molecule has 0 bridgehead atoms. The number of oxazole rings is 1. The Kier molecular flexibility index (Phi) is 5.14. The van der Waals surface area contributed by atoms with Gasteiger partial charge in [0.1, 0.15) is 5.76 Å². The van der Waals surface area contributed by atoms with Crippen molar-refractivity contribution in [1.82, 2.24) is 14.8 Å². The number of aromatic nitrogens is 1. The maximum atomic E-state index is 12.6. The summed E-state index contributed by atoms with van der Waals surface area (Å²) < 4.78 is 10.8. The number of hydrogen-bond donors (Lipinski definition) is 0. The van der Waals surface area contributed by atoms with E-state index in [-0.39, 0.29) is 12.0 Å². The number of likely N-dealkylation sites (N-methyl/N-ethyl adjacent to an activating group) is 1. The van der Waals surface area contributed by atoms with Crippen molar-refractivity contribution in [2.75, 3.05) is 40.3 Å². The molecule has 1 amide bonds. The summed E-state index contributed by atoms with van der Waals surface area (Å²) in [6.07, 6.45) is 3.55. The van der Waals surface area contributed by atoms with Crippen molar-refractivity contribution in [3.63, 3.8) is 0 Å². The van der Waals surface area contributed by atoms with Crippen LogP contribution in [0, 0.1) is 6.92 Å². The van der Waals surface area contributed by atoms with Crippen LogP contribution in [0.5, 0.6) is 0 Å². The zero-order valence-electron chi connectivity index (χ0n) is 12.5. The van der Waals surface area contributed by atoms with Gasteiger partial charge in [-0.25, -0.2) is 4.98 Å². The maximum Gasteiger partial charge on any atom is 0.276 e. The highest BCUT2D eigenvalue weighted by Gasteiger charge is 2.25. The zero-order chi connectivity index (χ0) is 14.5. The molecule has 1 aliphatic heterocycles. The van der Waals surface area contributed by atoms with E-state index in [0.717, 1.165) is 26.0 Å². The fraction of sp³-hybridized carbons (Fsp3) is 0.714. The molecule has 1 atom stereocenters. The smallest absolute Gasteiger partial charge is 0.276 e. The molecule has 6 nitrogen and oxygen atoms in total. The van der Waals surface area contributed by atoms with Crippen molar-refractivity contribution < 1.29 is 13.9 Å². The number of nitrogens with zero attached hydrogens (tertiary/aromatic N) is 3. The Labute approximate surface area is 119 Å². The molecular weight excluding hydrogens is 258 g/mol. The molecule has 1 fully saturated rings. The van der Waals surface area contributed by atoms with Crippen molar-refractivity contribution in [3.8, 4) is 0 Å². The molecular formula is C14H23N3O3. The third-order valence-electron chi connectivity index (χ3n) is 3.50. The number of carbonyl (C=O) groups excluding carboxylic acids is 1. The molecule has 6 heteroatoms. The van der Waals surface area contributed by atoms with E-state index < -0.39 is 0 Å². The highest BCUT2D eigenvalue weighted by Crippen LogP contribution is 2.16. The average Bonchev–Trinajstić information content (AvgIpc) is 3.04. The van der Waals surface area contributed by atoms with Gasteiger partial charge in [0.2, 0.25) is 0 Å². The van der Waals surface area contributed by atoms with Crippen LogP contribution in [0.2, 0.25) is 0 Å². The highest BCUT2D eigenvalue weighted by atomic mass is 16.5. The predicted octanol–water partition coefficient (Wildman–Crippen LogP) is 1.17. The van der Waals surface area contributed by atoms with E-state index in [9.17, 15) is 4.79 Å². The monoisotopic (exact) mass is 281 g/mol. The highest BCUT2D eigenvalue weighted by molar-refractivity contribution is 5.93. The van der Waals surface area contributed by atoms with Crippen LogP contribution in [-0.4, -0.2) is 67.1 Å². The van der Waals surface area contributed by atoms with Crippen molar-refractivity contribution >= 4 is 5.91 Å². The van der Waals surface area contributed by atoms with E-state index in [2.05, 4.69) is 9.88 Å². The first-order valence-corrected chi connectivity index (χ1v) is 7.03. The van der Waals surface area contributed by atoms with Crippen LogP contribution in [0.15, 0.2) is 10.8 Å². The minimum Gasteiger partial charge on any atom is -0.448 e. The molecule has 1 aromatic heterocycles. The Morgan fingerprint density at radius 1 is 1.45 bits per heavy atom. The predicted molar refractivity (Wildman–Crippen MR) is 74.7 cm³/mol. The Morgan fingerprint density at radius 2 is 2.25 bits per heavy atom. The summed E-state index contributed by atoms with van der Waals surface area (Å²) in [7, 11) is 3.99. The van der Waals surface area contributed by atoms with Gasteiger partial charge in [0.25, 0.3) is 5.91 Å². The number of hydrogen-bond acceptors (Lipinski definition) is 5. The normalized spacial score (nSPS) is 18.7. The summed E-state index contributed by atoms with van der Waals surface area (Å²) in [5, 5.41) is 0. The number of ether oxygens (including phenoxy) is 1. The van der Waals surface area contributed by atoms with Gasteiger partial charge < -0.3 is 19.0 Å². The van der Waals surface area contributed by atoms with E-state index in [4.69, 9.17) is 9.15 Å². The number of rotatable bonds is 6. The second kappa shape index (κ2) is 6.85. The van der Waals surface area contributed by atoms with E-state index in [1.165, 1.54) is 6.39 Å². The van der Waals surface area contributed by atoms with Crippen molar-refractivity contribution in [2.24, 2.45) is 0 Å². The summed E-state index contributed by atoms with van der Waals surface area (Å²) in [6.45, 7) is 4.66. The van der Waals surface area contributed by atoms with E-state index >= 15 is 0 Å². The number of carbonyl (C=O) groups is 1. The van der Waals surface area contributed by atoms with Gasteiger partial charge in [0.15, 0.2) is 12.1 Å². The molecule has 20 heavy (non-hydrogen) atoms. The van der Waals surface area contributed by atoms with Crippen LogP contribution in [0.4, 0.5) is 0 Å². The fourth-order valence-corrected chi connectivity index (χ4v) is 2.29. The largest absolute Gasteiger partial charge is 0.448 e. The van der Waals surface area contributed by atoms with Crippen LogP contribution in [-0.2, 0) is 4.74 Å². The number of amides is 1. The lowest BCUT2D eigenvalue weighted by molar-refractivity contribution is 0.0507. The molecule has 0 unspecified atom stereocenters. The molecule has 0 aliphatic carbocycles. The first kappa shape index (κ1) is 15.0. The SMILES string of the molecule is Cc1ocnc1C(=O)N(CCN(C)C)C[C@@H]1CCCO1. The van der Waals surface area contributed by atoms with Crippen molar-refractivity contribution in [1.29, 1.82) is 0 Å². The number of aryl methyl sites for hydroxylation is 1. The first-order valence-electron chi connectivity index (χ1n) is 7.03. The fourth-order valence-electron chi connectivity index (χ4n) is 2.29. The quantitative estimate of drug-likeness (QED) is 0.783. The lowest BCUT2D eigenvalue weighted by Gasteiger charge is -2.26. The average molecular weight is 281 g/mol. The Bertz CT molecular complexity index is 439. The molecule has 0 radical (unpaired) electrons. The molecule has 1 saturated heterocycles. The third-order valence-corrected chi connectivity index (χ3v) is 3.50. The minimum atomic E-state index is -0.0754. The molecule has 0 saturated carbocycles. The Hall–Kier alpha value is -1.40. The van der Waals surface area contributed by atoms with Gasteiger partial charge in [0, 0.05) is 26.2 Å². The summed E-state index contributed by atoms with van der Waals surface area (Å²) in [6, 6.07) is 0. The van der Waals surface area contributed by atoms with E-state index in [1.54, 1.807) is 6.92 Å². The van der Waals surface area contributed by atoms with Gasteiger partial charge in [-0.2, -0.15) is 0 Å². The zero-order valence-corrected chi connectivity index (χ0v) is 12.5. The van der Waals surface area contributed by atoms with Crippen LogP contribution in [0.3, 0.4) is 0 Å². The molecule has 2 rings (SSSR count). The van der Waals surface area contributed by atoms with E-state index in [1.807, 2.05) is 19.0 Å². The van der Waals surface area contributed by atoms with Gasteiger partial charge in [-0.3, -0.25) is 4.79 Å². The molecule has 0 aromatic carbocycles. The third kappa shape index (κ3) is 3.80. The molecule has 1 aromatic rings. The molecule has 112 valence electrons. The van der Waals surface area contributed by atoms with Gasteiger partial charge >= 0.3 is 0 Å². The van der Waals surface area contributed by atoms with Gasteiger partial charge in [-0.15, -0.1) is 0 Å². The van der Waals surface area contributed by atoms with Crippen LogP contribution in [0.1, 0.15) is 29.1 Å². The summed E-state index contributed by atoms with van der Waals surface area (Å²) in [5.74, 6) is 0.491. The first-order chi connectivity index (χ1) is 9.58. The second-order valence-electron chi connectivity index (χ2n) is 5.45. The maximum absolute atomic E-state index is 12.6. The van der Waals surface area contributed by atoms with Gasteiger partial charge in [0.05, 0.1) is 6.10 Å².